The van der Waals surface area contributed by atoms with Gasteiger partial charge in [0.1, 0.15) is 0 Å². The van der Waals surface area contributed by atoms with Gasteiger partial charge in [0.15, 0.2) is 0 Å². The maximum atomic E-state index is 9.43. The molecule has 0 radical (unpaired) electrons. The number of rotatable bonds is 5. The van der Waals surface area contributed by atoms with Crippen LogP contribution in [-0.2, 0) is 17.4 Å². The Bertz CT molecular complexity index is 647. The summed E-state index contributed by atoms with van der Waals surface area (Å²) in [6, 6.07) is 8.81. The van der Waals surface area contributed by atoms with Gasteiger partial charge in [-0.3, -0.25) is 0 Å². The molecule has 0 bridgehead atoms. The van der Waals surface area contributed by atoms with Gasteiger partial charge in [-0.05, 0) is 35.6 Å². The predicted molar refractivity (Wildman–Crippen MR) is 92.5 cm³/mol. The summed E-state index contributed by atoms with van der Waals surface area (Å²) < 4.78 is 2.19. The number of aliphatic hydroxyl groups is 2. The van der Waals surface area contributed by atoms with Crippen LogP contribution in [0.3, 0.4) is 0 Å². The molecule has 0 fully saturated rings. The molecule has 122 valence electrons. The van der Waals surface area contributed by atoms with Crippen LogP contribution >= 0.6 is 0 Å². The Morgan fingerprint density at radius 2 is 1.64 bits per heavy atom. The topological polar surface area (TPSA) is 45.4 Å². The van der Waals surface area contributed by atoms with Crippen LogP contribution in [0.5, 0.6) is 0 Å². The molecule has 0 aliphatic heterocycles. The van der Waals surface area contributed by atoms with Gasteiger partial charge in [-0.2, -0.15) is 0 Å². The standard InChI is InChI=1S/C19H29NO2/c1-18(2,3)15-6-7-16-14(12-15)13-17(20(16)9-11-22)19(4,5)8-10-21/h6-7,12-13,21-22H,8-11H2,1-5H3. The highest BCUT2D eigenvalue weighted by atomic mass is 16.3. The number of hydrogen-bond acceptors (Lipinski definition) is 2. The zero-order valence-electron chi connectivity index (χ0n) is 14.5. The monoisotopic (exact) mass is 303 g/mol. The smallest absolute Gasteiger partial charge is 0.0610 e. The van der Waals surface area contributed by atoms with Crippen molar-refractivity contribution in [3.8, 4) is 0 Å². The van der Waals surface area contributed by atoms with Gasteiger partial charge in [0.2, 0.25) is 0 Å². The molecular formula is C19H29NO2. The lowest BCUT2D eigenvalue weighted by molar-refractivity contribution is 0.242. The average Bonchev–Trinajstić information content (AvgIpc) is 2.77. The average molecular weight is 303 g/mol. The summed E-state index contributed by atoms with van der Waals surface area (Å²) in [6.07, 6.45) is 0.709. The molecule has 2 aromatic rings. The Labute approximate surface area is 133 Å². The lowest BCUT2D eigenvalue weighted by Crippen LogP contribution is -2.23. The van der Waals surface area contributed by atoms with Crippen molar-refractivity contribution in [2.45, 2.75) is 58.4 Å². The van der Waals surface area contributed by atoms with Gasteiger partial charge in [-0.15, -0.1) is 0 Å². The molecule has 0 saturated heterocycles. The first-order valence-corrected chi connectivity index (χ1v) is 8.06. The number of fused-ring (bicyclic) bond motifs is 1. The Hall–Kier alpha value is -1.32. The molecule has 2 N–H and O–H groups in total. The van der Waals surface area contributed by atoms with Gasteiger partial charge in [-0.25, -0.2) is 0 Å². The molecule has 3 nitrogen and oxygen atoms in total. The fraction of sp³-hybridized carbons (Fsp3) is 0.579. The van der Waals surface area contributed by atoms with Gasteiger partial charge < -0.3 is 14.8 Å². The van der Waals surface area contributed by atoms with Crippen molar-refractivity contribution in [1.29, 1.82) is 0 Å². The molecule has 0 saturated carbocycles. The summed E-state index contributed by atoms with van der Waals surface area (Å²) in [5.74, 6) is 0. The highest BCUT2D eigenvalue weighted by Gasteiger charge is 2.26. The van der Waals surface area contributed by atoms with Gasteiger partial charge in [0, 0.05) is 35.2 Å². The van der Waals surface area contributed by atoms with E-state index in [1.807, 2.05) is 0 Å². The van der Waals surface area contributed by atoms with Gasteiger partial charge in [-0.1, -0.05) is 40.7 Å². The highest BCUT2D eigenvalue weighted by Crippen LogP contribution is 2.34. The first kappa shape index (κ1) is 17.0. The van der Waals surface area contributed by atoms with Crippen LogP contribution in [0.25, 0.3) is 10.9 Å². The van der Waals surface area contributed by atoms with E-state index in [1.165, 1.54) is 16.6 Å². The second-order valence-electron chi connectivity index (χ2n) is 7.79. The summed E-state index contributed by atoms with van der Waals surface area (Å²) in [5, 5.41) is 20.0. The number of hydrogen-bond donors (Lipinski definition) is 2. The van der Waals surface area contributed by atoms with Crippen LogP contribution in [0.1, 0.15) is 52.3 Å². The maximum absolute atomic E-state index is 9.43. The number of nitrogens with zero attached hydrogens (tertiary/aromatic N) is 1. The summed E-state index contributed by atoms with van der Waals surface area (Å²) in [5.41, 5.74) is 3.64. The van der Waals surface area contributed by atoms with Crippen molar-refractivity contribution in [3.05, 3.63) is 35.5 Å². The molecule has 1 aromatic carbocycles. The van der Waals surface area contributed by atoms with E-state index >= 15 is 0 Å². The van der Waals surface area contributed by atoms with Crippen molar-refractivity contribution in [1.82, 2.24) is 4.57 Å². The fourth-order valence-electron chi connectivity index (χ4n) is 3.05. The molecule has 1 aromatic heterocycles. The maximum Gasteiger partial charge on any atom is 0.0610 e. The van der Waals surface area contributed by atoms with Crippen LogP contribution in [0.15, 0.2) is 24.3 Å². The van der Waals surface area contributed by atoms with Crippen molar-refractivity contribution in [2.24, 2.45) is 0 Å². The van der Waals surface area contributed by atoms with Crippen LogP contribution in [0.2, 0.25) is 0 Å². The van der Waals surface area contributed by atoms with E-state index in [0.717, 1.165) is 5.52 Å². The lowest BCUT2D eigenvalue weighted by atomic mass is 9.85. The molecule has 0 amide bonds. The summed E-state index contributed by atoms with van der Waals surface area (Å²) >= 11 is 0. The van der Waals surface area contributed by atoms with E-state index in [9.17, 15) is 10.2 Å². The third-order valence-corrected chi connectivity index (χ3v) is 4.52. The van der Waals surface area contributed by atoms with E-state index in [2.05, 4.69) is 63.5 Å². The van der Waals surface area contributed by atoms with E-state index in [0.29, 0.717) is 13.0 Å². The van der Waals surface area contributed by atoms with Gasteiger partial charge in [0.05, 0.1) is 6.61 Å². The molecule has 0 unspecified atom stereocenters. The number of aromatic nitrogens is 1. The Kier molecular flexibility index (Phi) is 4.69. The zero-order chi connectivity index (χ0) is 16.5. The van der Waals surface area contributed by atoms with E-state index < -0.39 is 0 Å². The van der Waals surface area contributed by atoms with Gasteiger partial charge in [0.25, 0.3) is 0 Å². The Balaban J connectivity index is 2.63. The van der Waals surface area contributed by atoms with Crippen molar-refractivity contribution in [3.63, 3.8) is 0 Å². The zero-order valence-corrected chi connectivity index (χ0v) is 14.5. The number of aliphatic hydroxyl groups excluding tert-OH is 2. The number of benzene rings is 1. The van der Waals surface area contributed by atoms with Crippen LogP contribution in [0, 0.1) is 0 Å². The van der Waals surface area contributed by atoms with E-state index in [1.54, 1.807) is 0 Å². The van der Waals surface area contributed by atoms with Crippen LogP contribution in [-0.4, -0.2) is 28.0 Å². The molecule has 0 aliphatic rings. The minimum Gasteiger partial charge on any atom is -0.396 e. The molecule has 22 heavy (non-hydrogen) atoms. The second-order valence-corrected chi connectivity index (χ2v) is 7.79. The van der Waals surface area contributed by atoms with Gasteiger partial charge >= 0.3 is 0 Å². The predicted octanol–water partition coefficient (Wildman–Crippen LogP) is 3.59. The third-order valence-electron chi connectivity index (χ3n) is 4.52. The molecule has 0 aliphatic carbocycles. The molecular weight excluding hydrogens is 274 g/mol. The molecule has 0 atom stereocenters. The Morgan fingerprint density at radius 1 is 0.955 bits per heavy atom. The molecule has 0 spiro atoms. The minimum absolute atomic E-state index is 0.118. The third kappa shape index (κ3) is 3.21. The summed E-state index contributed by atoms with van der Waals surface area (Å²) in [7, 11) is 0. The quantitative estimate of drug-likeness (QED) is 0.886. The second kappa shape index (κ2) is 6.05. The van der Waals surface area contributed by atoms with Crippen molar-refractivity contribution < 1.29 is 10.2 Å². The lowest BCUT2D eigenvalue weighted by Gasteiger charge is -2.26. The molecule has 3 heteroatoms. The highest BCUT2D eigenvalue weighted by molar-refractivity contribution is 5.83. The van der Waals surface area contributed by atoms with Crippen molar-refractivity contribution >= 4 is 10.9 Å². The van der Waals surface area contributed by atoms with Crippen LogP contribution < -0.4 is 0 Å². The van der Waals surface area contributed by atoms with E-state index in [-0.39, 0.29) is 24.0 Å². The summed E-state index contributed by atoms with van der Waals surface area (Å²) in [6.45, 7) is 11.8. The fourth-order valence-corrected chi connectivity index (χ4v) is 3.05. The summed E-state index contributed by atoms with van der Waals surface area (Å²) in [4.78, 5) is 0. The first-order valence-electron chi connectivity index (χ1n) is 8.06. The first-order chi connectivity index (χ1) is 10.2. The normalized spacial score (nSPS) is 13.0. The molecule has 2 rings (SSSR count). The SMILES string of the molecule is CC(C)(C)c1ccc2c(c1)cc(C(C)(C)CCO)n2CCO. The minimum atomic E-state index is -0.120. The van der Waals surface area contributed by atoms with E-state index in [4.69, 9.17) is 0 Å². The van der Waals surface area contributed by atoms with Crippen LogP contribution in [0.4, 0.5) is 0 Å². The van der Waals surface area contributed by atoms with Crippen molar-refractivity contribution in [2.75, 3.05) is 13.2 Å². The Morgan fingerprint density at radius 3 is 2.18 bits per heavy atom. The largest absolute Gasteiger partial charge is 0.396 e. The molecule has 1 heterocycles.